The van der Waals surface area contributed by atoms with E-state index in [1.54, 1.807) is 0 Å². The van der Waals surface area contributed by atoms with E-state index in [4.69, 9.17) is 4.74 Å². The quantitative estimate of drug-likeness (QED) is 0.597. The first-order chi connectivity index (χ1) is 13.1. The predicted molar refractivity (Wildman–Crippen MR) is 111 cm³/mol. The van der Waals surface area contributed by atoms with Crippen molar-refractivity contribution in [1.82, 2.24) is 5.32 Å². The van der Waals surface area contributed by atoms with Crippen LogP contribution in [0.4, 0.5) is 0 Å². The summed E-state index contributed by atoms with van der Waals surface area (Å²) in [6.07, 6.45) is 0.925. The van der Waals surface area contributed by atoms with E-state index >= 15 is 0 Å². The van der Waals surface area contributed by atoms with Crippen molar-refractivity contribution in [2.75, 3.05) is 0 Å². The zero-order chi connectivity index (χ0) is 19.2. The Kier molecular flexibility index (Phi) is 6.12. The topological polar surface area (TPSA) is 38.3 Å². The third-order valence-electron chi connectivity index (χ3n) is 4.89. The molecule has 0 saturated carbocycles. The second kappa shape index (κ2) is 8.72. The molecule has 0 fully saturated rings. The van der Waals surface area contributed by atoms with Crippen LogP contribution in [-0.4, -0.2) is 12.0 Å². The Morgan fingerprint density at radius 2 is 1.63 bits per heavy atom. The van der Waals surface area contributed by atoms with Gasteiger partial charge in [-0.25, -0.2) is 0 Å². The lowest BCUT2D eigenvalue weighted by molar-refractivity contribution is -0.128. The van der Waals surface area contributed by atoms with E-state index < -0.39 is 6.10 Å². The normalized spacial score (nSPS) is 13.1. The fraction of sp³-hybridized carbons (Fsp3) is 0.292. The molecule has 0 heterocycles. The highest BCUT2D eigenvalue weighted by Crippen LogP contribution is 2.27. The number of ether oxygens (including phenoxy) is 1. The molecule has 0 aliphatic heterocycles. The van der Waals surface area contributed by atoms with Crippen LogP contribution in [0.3, 0.4) is 0 Å². The highest BCUT2D eigenvalue weighted by molar-refractivity contribution is 5.89. The molecule has 0 radical (unpaired) electrons. The molecule has 0 aromatic heterocycles. The Bertz CT molecular complexity index is 896. The first-order valence-corrected chi connectivity index (χ1v) is 9.63. The Labute approximate surface area is 161 Å². The molecule has 0 saturated heterocycles. The van der Waals surface area contributed by atoms with Gasteiger partial charge in [0.25, 0.3) is 5.91 Å². The molecule has 27 heavy (non-hydrogen) atoms. The van der Waals surface area contributed by atoms with Crippen molar-refractivity contribution in [3.63, 3.8) is 0 Å². The van der Waals surface area contributed by atoms with E-state index in [0.29, 0.717) is 6.42 Å². The van der Waals surface area contributed by atoms with Gasteiger partial charge in [0, 0.05) is 5.39 Å². The molecule has 140 valence electrons. The zero-order valence-corrected chi connectivity index (χ0v) is 16.2. The Balaban J connectivity index is 1.76. The van der Waals surface area contributed by atoms with Crippen LogP contribution in [-0.2, 0) is 4.79 Å². The van der Waals surface area contributed by atoms with Crippen molar-refractivity contribution in [2.45, 2.75) is 45.8 Å². The number of rotatable bonds is 7. The number of hydrogen-bond donors (Lipinski definition) is 1. The smallest absolute Gasteiger partial charge is 0.261 e. The molecular formula is C24H27NO2. The standard InChI is InChI=1S/C24H27NO2/c1-4-21(19-15-13-17(3)14-16-19)25-24(26)22(5-2)27-23-12-8-10-18-9-6-7-11-20(18)23/h6-16,21-22H,4-5H2,1-3H3,(H,25,26)/t21-,22+/m1/s1. The van der Waals surface area contributed by atoms with Crippen LogP contribution in [0.5, 0.6) is 5.75 Å². The zero-order valence-electron chi connectivity index (χ0n) is 16.2. The summed E-state index contributed by atoms with van der Waals surface area (Å²) in [5.41, 5.74) is 2.34. The van der Waals surface area contributed by atoms with Gasteiger partial charge in [-0.1, -0.05) is 80.1 Å². The second-order valence-corrected chi connectivity index (χ2v) is 6.87. The van der Waals surface area contributed by atoms with E-state index in [-0.39, 0.29) is 11.9 Å². The third kappa shape index (κ3) is 4.48. The number of amides is 1. The van der Waals surface area contributed by atoms with Crippen LogP contribution >= 0.6 is 0 Å². The second-order valence-electron chi connectivity index (χ2n) is 6.87. The van der Waals surface area contributed by atoms with Crippen molar-refractivity contribution in [3.05, 3.63) is 77.9 Å². The van der Waals surface area contributed by atoms with Crippen molar-refractivity contribution < 1.29 is 9.53 Å². The molecule has 1 amide bonds. The predicted octanol–water partition coefficient (Wildman–Crippen LogP) is 5.57. The first kappa shape index (κ1) is 19.0. The Hall–Kier alpha value is -2.81. The molecule has 0 bridgehead atoms. The maximum absolute atomic E-state index is 12.9. The van der Waals surface area contributed by atoms with E-state index in [0.717, 1.165) is 28.5 Å². The first-order valence-electron chi connectivity index (χ1n) is 9.63. The lowest BCUT2D eigenvalue weighted by Gasteiger charge is -2.23. The molecule has 1 N–H and O–H groups in total. The number of hydrogen-bond acceptors (Lipinski definition) is 2. The van der Waals surface area contributed by atoms with Gasteiger partial charge in [0.1, 0.15) is 5.75 Å². The van der Waals surface area contributed by atoms with E-state index in [2.05, 4.69) is 43.4 Å². The van der Waals surface area contributed by atoms with Gasteiger partial charge in [0.15, 0.2) is 6.10 Å². The number of fused-ring (bicyclic) bond motifs is 1. The lowest BCUT2D eigenvalue weighted by atomic mass is 10.0. The third-order valence-corrected chi connectivity index (χ3v) is 4.89. The highest BCUT2D eigenvalue weighted by atomic mass is 16.5. The summed E-state index contributed by atoms with van der Waals surface area (Å²) in [5.74, 6) is 0.677. The molecule has 0 unspecified atom stereocenters. The molecule has 0 aliphatic carbocycles. The van der Waals surface area contributed by atoms with Gasteiger partial charge in [0.2, 0.25) is 0 Å². The SMILES string of the molecule is CC[C@H](Oc1cccc2ccccc12)C(=O)N[C@H](CC)c1ccc(C)cc1. The fourth-order valence-electron chi connectivity index (χ4n) is 3.26. The largest absolute Gasteiger partial charge is 0.480 e. The summed E-state index contributed by atoms with van der Waals surface area (Å²) in [7, 11) is 0. The van der Waals surface area contributed by atoms with Crippen LogP contribution < -0.4 is 10.1 Å². The number of benzene rings is 3. The van der Waals surface area contributed by atoms with Gasteiger partial charge in [0.05, 0.1) is 6.04 Å². The number of aryl methyl sites for hydroxylation is 1. The van der Waals surface area contributed by atoms with Gasteiger partial charge in [-0.2, -0.15) is 0 Å². The summed E-state index contributed by atoms with van der Waals surface area (Å²) in [4.78, 5) is 12.9. The Morgan fingerprint density at radius 1 is 0.926 bits per heavy atom. The molecule has 3 rings (SSSR count). The summed E-state index contributed by atoms with van der Waals surface area (Å²) >= 11 is 0. The van der Waals surface area contributed by atoms with E-state index in [9.17, 15) is 4.79 Å². The molecule has 3 heteroatoms. The minimum absolute atomic E-state index is 0.0109. The number of nitrogens with one attached hydrogen (secondary N) is 1. The van der Waals surface area contributed by atoms with Gasteiger partial charge >= 0.3 is 0 Å². The monoisotopic (exact) mass is 361 g/mol. The van der Waals surface area contributed by atoms with E-state index in [1.165, 1.54) is 5.56 Å². The van der Waals surface area contributed by atoms with Gasteiger partial charge in [-0.15, -0.1) is 0 Å². The molecule has 2 atom stereocenters. The molecular weight excluding hydrogens is 334 g/mol. The summed E-state index contributed by atoms with van der Waals surface area (Å²) in [5, 5.41) is 5.29. The molecule has 3 aromatic rings. The maximum Gasteiger partial charge on any atom is 0.261 e. The minimum atomic E-state index is -0.518. The summed E-state index contributed by atoms with van der Waals surface area (Å²) in [6, 6.07) is 22.3. The van der Waals surface area contributed by atoms with Crippen molar-refractivity contribution in [2.24, 2.45) is 0 Å². The van der Waals surface area contributed by atoms with Crippen LogP contribution in [0.2, 0.25) is 0 Å². The molecule has 3 aromatic carbocycles. The van der Waals surface area contributed by atoms with Gasteiger partial charge in [-0.3, -0.25) is 4.79 Å². The highest BCUT2D eigenvalue weighted by Gasteiger charge is 2.22. The summed E-state index contributed by atoms with van der Waals surface area (Å²) in [6.45, 7) is 6.12. The van der Waals surface area contributed by atoms with Crippen LogP contribution in [0.1, 0.15) is 43.9 Å². The van der Waals surface area contributed by atoms with Crippen molar-refractivity contribution in [1.29, 1.82) is 0 Å². The maximum atomic E-state index is 12.9. The number of carbonyl (C=O) groups is 1. The minimum Gasteiger partial charge on any atom is -0.480 e. The fourth-order valence-corrected chi connectivity index (χ4v) is 3.26. The van der Waals surface area contributed by atoms with Gasteiger partial charge in [-0.05, 0) is 36.8 Å². The van der Waals surface area contributed by atoms with Crippen LogP contribution in [0, 0.1) is 6.92 Å². The van der Waals surface area contributed by atoms with Crippen molar-refractivity contribution in [3.8, 4) is 5.75 Å². The molecule has 0 aliphatic rings. The van der Waals surface area contributed by atoms with E-state index in [1.807, 2.05) is 49.4 Å². The summed E-state index contributed by atoms with van der Waals surface area (Å²) < 4.78 is 6.13. The lowest BCUT2D eigenvalue weighted by Crippen LogP contribution is -2.40. The van der Waals surface area contributed by atoms with Crippen LogP contribution in [0.15, 0.2) is 66.7 Å². The van der Waals surface area contributed by atoms with Gasteiger partial charge < -0.3 is 10.1 Å². The van der Waals surface area contributed by atoms with Crippen molar-refractivity contribution >= 4 is 16.7 Å². The van der Waals surface area contributed by atoms with Crippen LogP contribution in [0.25, 0.3) is 10.8 Å². The average molecular weight is 361 g/mol. The molecule has 0 spiro atoms. The average Bonchev–Trinajstić information content (AvgIpc) is 2.70. The Morgan fingerprint density at radius 3 is 2.33 bits per heavy atom. The number of carbonyl (C=O) groups excluding carboxylic acids is 1. The molecule has 3 nitrogen and oxygen atoms in total.